The van der Waals surface area contributed by atoms with Crippen LogP contribution in [0.2, 0.25) is 0 Å². The van der Waals surface area contributed by atoms with Gasteiger partial charge in [-0.3, -0.25) is 0 Å². The molecule has 0 saturated carbocycles. The molecule has 0 fully saturated rings. The van der Waals surface area contributed by atoms with Gasteiger partial charge in [-0.15, -0.1) is 0 Å². The molecule has 0 N–H and O–H groups in total. The van der Waals surface area contributed by atoms with Crippen LogP contribution in [0.15, 0.2) is 30.3 Å². The van der Waals surface area contributed by atoms with Crippen LogP contribution in [0.5, 0.6) is 0 Å². The molecule has 0 saturated heterocycles. The quantitative estimate of drug-likeness (QED) is 0.630. The molecular weight excluding hydrogens is 180 g/mol. The molecular formula is C15H20. The summed E-state index contributed by atoms with van der Waals surface area (Å²) in [5.74, 6) is 0.784. The van der Waals surface area contributed by atoms with Gasteiger partial charge in [-0.25, -0.2) is 0 Å². The molecule has 1 aliphatic rings. The molecule has 0 amide bonds. The minimum atomic E-state index is 0.784. The Balaban J connectivity index is 1.94. The summed E-state index contributed by atoms with van der Waals surface area (Å²) in [7, 11) is 0. The molecule has 1 aromatic carbocycles. The number of hydrogen-bond donors (Lipinski definition) is 0. The molecule has 15 heavy (non-hydrogen) atoms. The van der Waals surface area contributed by atoms with Gasteiger partial charge in [0.1, 0.15) is 0 Å². The van der Waals surface area contributed by atoms with Crippen molar-refractivity contribution in [2.75, 3.05) is 0 Å². The predicted molar refractivity (Wildman–Crippen MR) is 66.8 cm³/mol. The Morgan fingerprint density at radius 1 is 1.20 bits per heavy atom. The van der Waals surface area contributed by atoms with Crippen molar-refractivity contribution < 1.29 is 0 Å². The van der Waals surface area contributed by atoms with Crippen molar-refractivity contribution in [2.45, 2.75) is 39.0 Å². The lowest BCUT2D eigenvalue weighted by molar-refractivity contribution is 0.535. The number of allylic oxidation sites excluding steroid dienone is 1. The first-order valence-corrected chi connectivity index (χ1v) is 6.16. The average molecular weight is 200 g/mol. The first-order valence-electron chi connectivity index (χ1n) is 6.16. The van der Waals surface area contributed by atoms with Crippen molar-refractivity contribution >= 4 is 6.08 Å². The highest BCUT2D eigenvalue weighted by atomic mass is 14.2. The van der Waals surface area contributed by atoms with Gasteiger partial charge in [0.15, 0.2) is 0 Å². The Morgan fingerprint density at radius 2 is 2.07 bits per heavy atom. The van der Waals surface area contributed by atoms with Crippen molar-refractivity contribution in [3.8, 4) is 0 Å². The van der Waals surface area contributed by atoms with Gasteiger partial charge in [-0.2, -0.15) is 0 Å². The zero-order chi connectivity index (χ0) is 10.5. The number of fused-ring (bicyclic) bond motifs is 1. The van der Waals surface area contributed by atoms with E-state index in [1.165, 1.54) is 43.2 Å². The summed E-state index contributed by atoms with van der Waals surface area (Å²) in [5.41, 5.74) is 2.95. The van der Waals surface area contributed by atoms with Crippen LogP contribution in [0.4, 0.5) is 0 Å². The van der Waals surface area contributed by atoms with Crippen LogP contribution in [-0.4, -0.2) is 0 Å². The van der Waals surface area contributed by atoms with Gasteiger partial charge in [-0.05, 0) is 29.9 Å². The fraction of sp³-hybridized carbons (Fsp3) is 0.467. The first kappa shape index (κ1) is 10.5. The van der Waals surface area contributed by atoms with Gasteiger partial charge in [0, 0.05) is 0 Å². The molecule has 1 atom stereocenters. The van der Waals surface area contributed by atoms with Gasteiger partial charge in [-0.1, -0.05) is 62.6 Å². The third-order valence-electron chi connectivity index (χ3n) is 3.26. The van der Waals surface area contributed by atoms with Crippen LogP contribution < -0.4 is 0 Å². The number of rotatable bonds is 4. The summed E-state index contributed by atoms with van der Waals surface area (Å²) in [4.78, 5) is 0. The smallest absolute Gasteiger partial charge is 0.0189 e. The lowest BCUT2D eigenvalue weighted by Gasteiger charge is -2.19. The van der Waals surface area contributed by atoms with E-state index in [4.69, 9.17) is 0 Å². The van der Waals surface area contributed by atoms with Crippen LogP contribution >= 0.6 is 0 Å². The lowest BCUT2D eigenvalue weighted by Crippen LogP contribution is -2.06. The van der Waals surface area contributed by atoms with Crippen LogP contribution in [0.25, 0.3) is 6.08 Å². The van der Waals surface area contributed by atoms with E-state index in [2.05, 4.69) is 43.3 Å². The normalized spacial score (nSPS) is 18.9. The second kappa shape index (κ2) is 5.16. The summed E-state index contributed by atoms with van der Waals surface area (Å²) < 4.78 is 0. The van der Waals surface area contributed by atoms with Gasteiger partial charge in [0.05, 0.1) is 0 Å². The summed E-state index contributed by atoms with van der Waals surface area (Å²) in [6, 6.07) is 8.77. The topological polar surface area (TPSA) is 0 Å². The Labute approximate surface area is 93.0 Å². The highest BCUT2D eigenvalue weighted by Gasteiger charge is 2.12. The van der Waals surface area contributed by atoms with E-state index in [-0.39, 0.29) is 0 Å². The fourth-order valence-electron chi connectivity index (χ4n) is 2.33. The summed E-state index contributed by atoms with van der Waals surface area (Å²) >= 11 is 0. The predicted octanol–water partition coefficient (Wildman–Crippen LogP) is 4.45. The van der Waals surface area contributed by atoms with Crippen LogP contribution in [-0.2, 0) is 6.42 Å². The average Bonchev–Trinajstić information content (AvgIpc) is 2.29. The number of benzene rings is 1. The van der Waals surface area contributed by atoms with Gasteiger partial charge >= 0.3 is 0 Å². The monoisotopic (exact) mass is 200 g/mol. The maximum atomic E-state index is 2.40. The van der Waals surface area contributed by atoms with Crippen LogP contribution in [0, 0.1) is 5.92 Å². The maximum absolute atomic E-state index is 2.40. The molecule has 0 heterocycles. The third kappa shape index (κ3) is 2.71. The van der Waals surface area contributed by atoms with Crippen molar-refractivity contribution in [3.05, 3.63) is 41.5 Å². The molecule has 0 nitrogen and oxygen atoms in total. The van der Waals surface area contributed by atoms with E-state index >= 15 is 0 Å². The van der Waals surface area contributed by atoms with E-state index in [1.54, 1.807) is 0 Å². The molecule has 0 bridgehead atoms. The van der Waals surface area contributed by atoms with Gasteiger partial charge in [0.25, 0.3) is 0 Å². The summed E-state index contributed by atoms with van der Waals surface area (Å²) in [5, 5.41) is 0. The molecule has 1 aromatic rings. The second-order valence-corrected chi connectivity index (χ2v) is 4.52. The van der Waals surface area contributed by atoms with Gasteiger partial charge in [0.2, 0.25) is 0 Å². The van der Waals surface area contributed by atoms with Crippen molar-refractivity contribution in [1.82, 2.24) is 0 Å². The molecule has 0 radical (unpaired) electrons. The lowest BCUT2D eigenvalue weighted by atomic mass is 9.86. The molecule has 0 aromatic heterocycles. The number of hydrogen-bond acceptors (Lipinski definition) is 0. The number of unbranched alkanes of at least 4 members (excludes halogenated alkanes) is 2. The van der Waals surface area contributed by atoms with Crippen LogP contribution in [0.1, 0.15) is 43.7 Å². The van der Waals surface area contributed by atoms with Crippen molar-refractivity contribution in [3.63, 3.8) is 0 Å². The second-order valence-electron chi connectivity index (χ2n) is 4.52. The first-order chi connectivity index (χ1) is 7.40. The van der Waals surface area contributed by atoms with E-state index < -0.39 is 0 Å². The van der Waals surface area contributed by atoms with E-state index in [1.807, 2.05) is 0 Å². The summed E-state index contributed by atoms with van der Waals surface area (Å²) in [6.45, 7) is 2.27. The van der Waals surface area contributed by atoms with Gasteiger partial charge < -0.3 is 0 Å². The van der Waals surface area contributed by atoms with Crippen LogP contribution in [0.3, 0.4) is 0 Å². The zero-order valence-corrected chi connectivity index (χ0v) is 9.58. The zero-order valence-electron chi connectivity index (χ0n) is 9.58. The Hall–Kier alpha value is -1.04. The molecule has 1 aliphatic carbocycles. The largest absolute Gasteiger partial charge is 0.0805 e. The highest BCUT2D eigenvalue weighted by Crippen LogP contribution is 2.25. The minimum absolute atomic E-state index is 0.784. The molecule has 0 spiro atoms. The van der Waals surface area contributed by atoms with Crippen molar-refractivity contribution in [2.24, 2.45) is 5.92 Å². The molecule has 0 aliphatic heterocycles. The standard InChI is InChI=1S/C15H20/c1-2-3-4-7-13-10-11-14-8-5-6-9-15(14)12-13/h5-6,8-11,13H,2-4,7,12H2,1H3. The molecule has 80 valence electrons. The third-order valence-corrected chi connectivity index (χ3v) is 3.26. The Kier molecular flexibility index (Phi) is 3.60. The van der Waals surface area contributed by atoms with E-state index in [0.717, 1.165) is 5.92 Å². The Bertz CT molecular complexity index is 336. The molecule has 1 unspecified atom stereocenters. The Morgan fingerprint density at radius 3 is 2.93 bits per heavy atom. The highest BCUT2D eigenvalue weighted by molar-refractivity contribution is 5.56. The SMILES string of the molecule is CCCCCC1C=Cc2ccccc2C1. The summed E-state index contributed by atoms with van der Waals surface area (Å²) in [6.07, 6.45) is 11.4. The van der Waals surface area contributed by atoms with Crippen molar-refractivity contribution in [1.29, 1.82) is 0 Å². The maximum Gasteiger partial charge on any atom is -0.0189 e. The minimum Gasteiger partial charge on any atom is -0.0805 e. The molecule has 0 heteroatoms. The van der Waals surface area contributed by atoms with E-state index in [9.17, 15) is 0 Å². The molecule has 2 rings (SSSR count). The fourth-order valence-corrected chi connectivity index (χ4v) is 2.33. The van der Waals surface area contributed by atoms with E-state index in [0.29, 0.717) is 0 Å².